The van der Waals surface area contributed by atoms with E-state index >= 15 is 0 Å². The van der Waals surface area contributed by atoms with Gasteiger partial charge in [-0.3, -0.25) is 0 Å². The Morgan fingerprint density at radius 1 is 1.20 bits per heavy atom. The summed E-state index contributed by atoms with van der Waals surface area (Å²) in [7, 11) is 0. The molecule has 1 aromatic carbocycles. The maximum atomic E-state index is 5.82. The molecule has 1 rings (SSSR count). The van der Waals surface area contributed by atoms with Crippen LogP contribution < -0.4 is 0 Å². The second kappa shape index (κ2) is 3.09. The lowest BCUT2D eigenvalue weighted by atomic mass is 10.2. The van der Waals surface area contributed by atoms with E-state index in [0.29, 0.717) is 0 Å². The predicted octanol–water partition coefficient (Wildman–Crippen LogP) is 3.56. The van der Waals surface area contributed by atoms with Crippen LogP contribution in [-0.2, 0) is 0 Å². The molecule has 0 spiro atoms. The Bertz CT molecular complexity index is 232. The van der Waals surface area contributed by atoms with E-state index in [2.05, 4.69) is 36.4 Å². The van der Waals surface area contributed by atoms with Gasteiger partial charge in [-0.25, -0.2) is 0 Å². The van der Waals surface area contributed by atoms with E-state index in [9.17, 15) is 0 Å². The summed E-state index contributed by atoms with van der Waals surface area (Å²) in [6.45, 7) is 4.14. The van der Waals surface area contributed by atoms with E-state index in [0.717, 1.165) is 5.02 Å². The summed E-state index contributed by atoms with van der Waals surface area (Å²) in [5, 5.41) is 0.829. The predicted molar refractivity (Wildman–Crippen MR) is 53.6 cm³/mol. The number of halogens is 2. The SMILES string of the molecule is Cc1cc(Cl)cc(C)c1I. The normalized spacial score (nSPS) is 10.0. The maximum absolute atomic E-state index is 5.82. The van der Waals surface area contributed by atoms with Crippen LogP contribution in [0.25, 0.3) is 0 Å². The van der Waals surface area contributed by atoms with Crippen LogP contribution in [-0.4, -0.2) is 0 Å². The summed E-state index contributed by atoms with van der Waals surface area (Å²) in [6, 6.07) is 3.96. The van der Waals surface area contributed by atoms with Crippen LogP contribution in [0, 0.1) is 17.4 Å². The Kier molecular flexibility index (Phi) is 2.58. The van der Waals surface area contributed by atoms with E-state index < -0.39 is 0 Å². The molecule has 0 bridgehead atoms. The minimum absolute atomic E-state index is 0.829. The zero-order valence-electron chi connectivity index (χ0n) is 5.91. The molecule has 0 amide bonds. The molecule has 0 aliphatic carbocycles. The highest BCUT2D eigenvalue weighted by Crippen LogP contribution is 2.20. The molecule has 0 aliphatic rings. The molecule has 0 nitrogen and oxygen atoms in total. The van der Waals surface area contributed by atoms with Gasteiger partial charge in [-0.1, -0.05) is 11.6 Å². The van der Waals surface area contributed by atoms with Crippen molar-refractivity contribution in [3.05, 3.63) is 31.9 Å². The molecular formula is C8H8ClI. The first-order chi connectivity index (χ1) is 4.61. The van der Waals surface area contributed by atoms with E-state index in [-0.39, 0.29) is 0 Å². The lowest BCUT2D eigenvalue weighted by Crippen LogP contribution is -1.84. The van der Waals surface area contributed by atoms with Crippen LogP contribution in [0.15, 0.2) is 12.1 Å². The fourth-order valence-electron chi connectivity index (χ4n) is 0.893. The van der Waals surface area contributed by atoms with Gasteiger partial charge in [0, 0.05) is 8.59 Å². The molecule has 1 aromatic rings. The van der Waals surface area contributed by atoms with Crippen LogP contribution in [0.3, 0.4) is 0 Å². The van der Waals surface area contributed by atoms with E-state index in [1.165, 1.54) is 14.7 Å². The molecule has 0 atom stereocenters. The lowest BCUT2D eigenvalue weighted by Gasteiger charge is -2.01. The number of benzene rings is 1. The molecule has 0 radical (unpaired) electrons. The van der Waals surface area contributed by atoms with Crippen LogP contribution in [0.2, 0.25) is 5.02 Å². The molecular weight excluding hydrogens is 258 g/mol. The first-order valence-electron chi connectivity index (χ1n) is 3.03. The van der Waals surface area contributed by atoms with Gasteiger partial charge >= 0.3 is 0 Å². The second-order valence-electron chi connectivity index (χ2n) is 2.35. The molecule has 0 heterocycles. The molecule has 0 unspecified atom stereocenters. The van der Waals surface area contributed by atoms with Crippen molar-refractivity contribution in [2.75, 3.05) is 0 Å². The summed E-state index contributed by atoms with van der Waals surface area (Å²) in [6.07, 6.45) is 0. The van der Waals surface area contributed by atoms with Crippen LogP contribution in [0.5, 0.6) is 0 Å². The molecule has 0 aliphatic heterocycles. The van der Waals surface area contributed by atoms with Gasteiger partial charge < -0.3 is 0 Å². The first-order valence-corrected chi connectivity index (χ1v) is 4.49. The Morgan fingerprint density at radius 2 is 1.60 bits per heavy atom. The fraction of sp³-hybridized carbons (Fsp3) is 0.250. The van der Waals surface area contributed by atoms with E-state index in [1.54, 1.807) is 0 Å². The van der Waals surface area contributed by atoms with E-state index in [1.807, 2.05) is 12.1 Å². The highest BCUT2D eigenvalue weighted by Gasteiger charge is 1.98. The summed E-state index contributed by atoms with van der Waals surface area (Å²) >= 11 is 8.15. The molecule has 2 heteroatoms. The monoisotopic (exact) mass is 266 g/mol. The largest absolute Gasteiger partial charge is 0.0843 e. The Labute approximate surface area is 79.7 Å². The van der Waals surface area contributed by atoms with Gasteiger partial charge in [0.25, 0.3) is 0 Å². The third-order valence-electron chi connectivity index (χ3n) is 1.40. The Hall–Kier alpha value is 0.240. The third kappa shape index (κ3) is 1.64. The minimum atomic E-state index is 0.829. The van der Waals surface area contributed by atoms with Crippen molar-refractivity contribution in [2.24, 2.45) is 0 Å². The summed E-state index contributed by atoms with van der Waals surface area (Å²) in [5.74, 6) is 0. The molecule has 0 aromatic heterocycles. The van der Waals surface area contributed by atoms with Crippen molar-refractivity contribution >= 4 is 34.2 Å². The van der Waals surface area contributed by atoms with E-state index in [4.69, 9.17) is 11.6 Å². The highest BCUT2D eigenvalue weighted by atomic mass is 127. The maximum Gasteiger partial charge on any atom is 0.0412 e. The lowest BCUT2D eigenvalue weighted by molar-refractivity contribution is 1.34. The Balaban J connectivity index is 3.31. The number of hydrogen-bond donors (Lipinski definition) is 0. The van der Waals surface area contributed by atoms with Gasteiger partial charge in [0.05, 0.1) is 0 Å². The zero-order chi connectivity index (χ0) is 7.72. The molecule has 54 valence electrons. The van der Waals surface area contributed by atoms with Crippen LogP contribution in [0.4, 0.5) is 0 Å². The summed E-state index contributed by atoms with van der Waals surface area (Å²) in [4.78, 5) is 0. The summed E-state index contributed by atoms with van der Waals surface area (Å²) < 4.78 is 1.31. The second-order valence-corrected chi connectivity index (χ2v) is 3.87. The van der Waals surface area contributed by atoms with Gasteiger partial charge in [-0.2, -0.15) is 0 Å². The van der Waals surface area contributed by atoms with Crippen molar-refractivity contribution in [1.82, 2.24) is 0 Å². The van der Waals surface area contributed by atoms with Gasteiger partial charge in [0.15, 0.2) is 0 Å². The van der Waals surface area contributed by atoms with Crippen molar-refractivity contribution in [3.63, 3.8) is 0 Å². The number of rotatable bonds is 0. The van der Waals surface area contributed by atoms with Crippen molar-refractivity contribution in [3.8, 4) is 0 Å². The zero-order valence-corrected chi connectivity index (χ0v) is 8.82. The molecule has 0 saturated heterocycles. The van der Waals surface area contributed by atoms with Crippen LogP contribution >= 0.6 is 34.2 Å². The van der Waals surface area contributed by atoms with Gasteiger partial charge in [0.1, 0.15) is 0 Å². The number of hydrogen-bond acceptors (Lipinski definition) is 0. The van der Waals surface area contributed by atoms with Gasteiger partial charge in [-0.05, 0) is 59.7 Å². The Morgan fingerprint density at radius 3 is 2.00 bits per heavy atom. The van der Waals surface area contributed by atoms with Crippen molar-refractivity contribution < 1.29 is 0 Å². The molecule has 0 fully saturated rings. The number of aryl methyl sites for hydroxylation is 2. The minimum Gasteiger partial charge on any atom is -0.0843 e. The quantitative estimate of drug-likeness (QED) is 0.630. The third-order valence-corrected chi connectivity index (χ3v) is 3.32. The van der Waals surface area contributed by atoms with Crippen molar-refractivity contribution in [2.45, 2.75) is 13.8 Å². The van der Waals surface area contributed by atoms with Gasteiger partial charge in [-0.15, -0.1) is 0 Å². The average molecular weight is 267 g/mol. The summed E-state index contributed by atoms with van der Waals surface area (Å²) in [5.41, 5.74) is 2.51. The average Bonchev–Trinajstić information content (AvgIpc) is 1.82. The first kappa shape index (κ1) is 8.34. The topological polar surface area (TPSA) is 0 Å². The molecule has 0 saturated carbocycles. The molecule has 10 heavy (non-hydrogen) atoms. The van der Waals surface area contributed by atoms with Gasteiger partial charge in [0.2, 0.25) is 0 Å². The highest BCUT2D eigenvalue weighted by molar-refractivity contribution is 14.1. The van der Waals surface area contributed by atoms with Crippen LogP contribution in [0.1, 0.15) is 11.1 Å². The van der Waals surface area contributed by atoms with Crippen molar-refractivity contribution in [1.29, 1.82) is 0 Å². The fourth-order valence-corrected chi connectivity index (χ4v) is 1.53. The smallest absolute Gasteiger partial charge is 0.0412 e. The standard InChI is InChI=1S/C8H8ClI/c1-5-3-7(9)4-6(2)8(5)10/h3-4H,1-2H3. The molecule has 0 N–H and O–H groups in total.